The highest BCUT2D eigenvalue weighted by molar-refractivity contribution is 6.17. The standard InChI is InChI=1S/C35H38N6O5.CH5N/c1-22(2)41-31(25-14-8-5-9-15-25)29(24-12-6-4-7-13-24)30(34(44)39-27-17-10-16-26(20-27)35(45)46)32(41)40-33(43)28(38-23(3)42)18-11-19-37-21-36;1-2/h4-10,12-17,20-22,28H,11,18-19H2,1-3H3,(H2,36,37)(H,38,42)(H,39,44)(H,40,43)(H,45,46);2H2,1H3. The zero-order valence-corrected chi connectivity index (χ0v) is 27.6. The molecule has 3 aromatic carbocycles. The second kappa shape index (κ2) is 17.8. The van der Waals surface area contributed by atoms with E-state index >= 15 is 0 Å². The number of carbonyl (C=O) groups excluding carboxylic acids is 3. The molecule has 12 heteroatoms. The number of hydrogen-bond donors (Lipinski definition) is 6. The van der Waals surface area contributed by atoms with Crippen LogP contribution in [0.2, 0.25) is 0 Å². The first-order valence-corrected chi connectivity index (χ1v) is 15.5. The molecule has 0 bridgehead atoms. The maximum Gasteiger partial charge on any atom is 0.335 e. The predicted molar refractivity (Wildman–Crippen MR) is 190 cm³/mol. The van der Waals surface area contributed by atoms with Gasteiger partial charge in [0, 0.05) is 30.8 Å². The molecule has 0 saturated carbocycles. The van der Waals surface area contributed by atoms with Crippen molar-refractivity contribution in [1.29, 1.82) is 0 Å². The number of nitrogens with zero attached hydrogens (tertiary/aromatic N) is 2. The third kappa shape index (κ3) is 9.17. The summed E-state index contributed by atoms with van der Waals surface area (Å²) in [6, 6.07) is 23.7. The molecule has 3 amide bonds. The summed E-state index contributed by atoms with van der Waals surface area (Å²) in [5, 5.41) is 18.1. The van der Waals surface area contributed by atoms with Gasteiger partial charge in [-0.15, -0.1) is 0 Å². The van der Waals surface area contributed by atoms with Crippen LogP contribution in [0.3, 0.4) is 0 Å². The topological polar surface area (TPSA) is 194 Å². The molecule has 0 aliphatic carbocycles. The van der Waals surface area contributed by atoms with E-state index in [1.54, 1.807) is 12.1 Å². The van der Waals surface area contributed by atoms with Crippen LogP contribution in [0.15, 0.2) is 89.9 Å². The Kier molecular flexibility index (Phi) is 13.6. The highest BCUT2D eigenvalue weighted by Crippen LogP contribution is 2.44. The van der Waals surface area contributed by atoms with Crippen molar-refractivity contribution in [3.63, 3.8) is 0 Å². The van der Waals surface area contributed by atoms with Crippen molar-refractivity contribution in [3.8, 4) is 22.4 Å². The first-order chi connectivity index (χ1) is 23.1. The average Bonchev–Trinajstić information content (AvgIpc) is 3.43. The molecule has 1 unspecified atom stereocenters. The summed E-state index contributed by atoms with van der Waals surface area (Å²) in [6.07, 6.45) is 1.96. The first-order valence-electron chi connectivity index (χ1n) is 15.5. The number of aromatic nitrogens is 1. The molecule has 0 aliphatic rings. The van der Waals surface area contributed by atoms with Gasteiger partial charge in [-0.3, -0.25) is 19.4 Å². The minimum atomic E-state index is -1.13. The molecule has 1 atom stereocenters. The zero-order valence-electron chi connectivity index (χ0n) is 27.6. The lowest BCUT2D eigenvalue weighted by atomic mass is 9.96. The Morgan fingerprint density at radius 1 is 0.896 bits per heavy atom. The Labute approximate surface area is 280 Å². The van der Waals surface area contributed by atoms with E-state index in [9.17, 15) is 24.3 Å². The number of nitrogens with two attached hydrogens (primary N) is 2. The normalized spacial score (nSPS) is 11.4. The molecule has 0 spiro atoms. The van der Waals surface area contributed by atoms with Crippen LogP contribution in [0.25, 0.3) is 22.4 Å². The maximum absolute atomic E-state index is 14.4. The van der Waals surface area contributed by atoms with Crippen molar-refractivity contribution >= 4 is 41.5 Å². The Hall–Kier alpha value is -5.75. The molecule has 252 valence electrons. The number of aromatic carboxylic acids is 1. The molecule has 0 saturated heterocycles. The van der Waals surface area contributed by atoms with Crippen LogP contribution < -0.4 is 27.4 Å². The van der Waals surface area contributed by atoms with E-state index in [1.807, 2.05) is 79.1 Å². The second-order valence-corrected chi connectivity index (χ2v) is 10.9. The summed E-state index contributed by atoms with van der Waals surface area (Å²) in [7, 11) is 1.50. The van der Waals surface area contributed by atoms with Gasteiger partial charge in [0.25, 0.3) is 5.91 Å². The van der Waals surface area contributed by atoms with Crippen molar-refractivity contribution in [3.05, 3.63) is 96.1 Å². The maximum atomic E-state index is 14.4. The van der Waals surface area contributed by atoms with Gasteiger partial charge in [0.05, 0.1) is 23.2 Å². The summed E-state index contributed by atoms with van der Waals surface area (Å²) in [5.74, 6) is -2.34. The van der Waals surface area contributed by atoms with Crippen LogP contribution in [0.1, 0.15) is 60.4 Å². The second-order valence-electron chi connectivity index (χ2n) is 10.9. The first kappa shape index (κ1) is 36.7. The largest absolute Gasteiger partial charge is 0.478 e. The van der Waals surface area contributed by atoms with E-state index in [4.69, 9.17) is 5.73 Å². The minimum absolute atomic E-state index is 0.0106. The predicted octanol–water partition coefficient (Wildman–Crippen LogP) is 5.14. The fourth-order valence-electron chi connectivity index (χ4n) is 5.32. The van der Waals surface area contributed by atoms with Gasteiger partial charge in [0.15, 0.2) is 0 Å². The number of nitrogens with one attached hydrogen (secondary N) is 3. The number of rotatable bonds is 13. The van der Waals surface area contributed by atoms with E-state index in [-0.39, 0.29) is 41.0 Å². The Morgan fingerprint density at radius 3 is 2.08 bits per heavy atom. The molecule has 48 heavy (non-hydrogen) atoms. The number of carboxylic acids is 1. The molecule has 1 heterocycles. The number of carbonyl (C=O) groups is 4. The van der Waals surface area contributed by atoms with E-state index in [2.05, 4.69) is 26.7 Å². The SMILES string of the molecule is CC(=O)NC(CCCN=CN)C(=O)Nc1c(C(=O)Nc2cccc(C(=O)O)c2)c(-c2ccccc2)c(-c2ccccc2)n1C(C)C.CN. The highest BCUT2D eigenvalue weighted by atomic mass is 16.4. The van der Waals surface area contributed by atoms with Gasteiger partial charge < -0.3 is 37.1 Å². The Bertz CT molecular complexity index is 1730. The quantitative estimate of drug-likeness (QED) is 0.0653. The average molecular weight is 654 g/mol. The number of amides is 3. The highest BCUT2D eigenvalue weighted by Gasteiger charge is 2.32. The van der Waals surface area contributed by atoms with Crippen molar-refractivity contribution in [2.24, 2.45) is 16.5 Å². The molecular formula is C36H43N7O5. The third-order valence-electron chi connectivity index (χ3n) is 7.25. The van der Waals surface area contributed by atoms with Crippen molar-refractivity contribution in [2.75, 3.05) is 24.2 Å². The summed E-state index contributed by atoms with van der Waals surface area (Å²) in [4.78, 5) is 56.1. The molecule has 4 rings (SSSR count). The van der Waals surface area contributed by atoms with E-state index < -0.39 is 23.8 Å². The minimum Gasteiger partial charge on any atom is -0.478 e. The molecule has 0 aliphatic heterocycles. The van der Waals surface area contributed by atoms with Crippen LogP contribution in [0, 0.1) is 0 Å². The van der Waals surface area contributed by atoms with Gasteiger partial charge in [0.2, 0.25) is 11.8 Å². The van der Waals surface area contributed by atoms with Crippen LogP contribution >= 0.6 is 0 Å². The molecule has 8 N–H and O–H groups in total. The van der Waals surface area contributed by atoms with Crippen LogP contribution in [-0.2, 0) is 9.59 Å². The monoisotopic (exact) mass is 653 g/mol. The molecule has 0 radical (unpaired) electrons. The number of aliphatic imine (C=N–C) groups is 1. The summed E-state index contributed by atoms with van der Waals surface area (Å²) in [6.45, 7) is 5.61. The lowest BCUT2D eigenvalue weighted by Crippen LogP contribution is -2.43. The molecule has 4 aromatic rings. The Balaban J connectivity index is 0.00000307. The van der Waals surface area contributed by atoms with Crippen molar-refractivity contribution in [2.45, 2.75) is 45.7 Å². The van der Waals surface area contributed by atoms with Crippen molar-refractivity contribution < 1.29 is 24.3 Å². The molecule has 12 nitrogen and oxygen atoms in total. The van der Waals surface area contributed by atoms with Crippen LogP contribution in [-0.4, -0.2) is 59.3 Å². The van der Waals surface area contributed by atoms with Gasteiger partial charge in [-0.25, -0.2) is 4.79 Å². The number of carboxylic acid groups (broad SMARTS) is 1. The third-order valence-corrected chi connectivity index (χ3v) is 7.25. The Morgan fingerprint density at radius 2 is 1.52 bits per heavy atom. The summed E-state index contributed by atoms with van der Waals surface area (Å²) in [5.41, 5.74) is 13.2. The van der Waals surface area contributed by atoms with Gasteiger partial charge in [0.1, 0.15) is 11.9 Å². The van der Waals surface area contributed by atoms with E-state index in [0.29, 0.717) is 24.2 Å². The zero-order chi connectivity index (χ0) is 35.2. The molecule has 0 fully saturated rings. The molecular weight excluding hydrogens is 610 g/mol. The number of benzene rings is 3. The van der Waals surface area contributed by atoms with Gasteiger partial charge >= 0.3 is 5.97 Å². The van der Waals surface area contributed by atoms with Crippen molar-refractivity contribution in [1.82, 2.24) is 9.88 Å². The van der Waals surface area contributed by atoms with Gasteiger partial charge in [-0.1, -0.05) is 66.7 Å². The molecule has 1 aromatic heterocycles. The number of hydrogen-bond acceptors (Lipinski definition) is 6. The van der Waals surface area contributed by atoms with E-state index in [1.165, 1.54) is 32.4 Å². The van der Waals surface area contributed by atoms with Gasteiger partial charge in [-0.2, -0.15) is 0 Å². The summed E-state index contributed by atoms with van der Waals surface area (Å²) >= 11 is 0. The lowest BCUT2D eigenvalue weighted by molar-refractivity contribution is -0.125. The lowest BCUT2D eigenvalue weighted by Gasteiger charge is -2.22. The fourth-order valence-corrected chi connectivity index (χ4v) is 5.32. The fraction of sp³-hybridized carbons (Fsp3) is 0.250. The van der Waals surface area contributed by atoms with Crippen LogP contribution in [0.5, 0.6) is 0 Å². The summed E-state index contributed by atoms with van der Waals surface area (Å²) < 4.78 is 1.90. The van der Waals surface area contributed by atoms with E-state index in [0.717, 1.165) is 11.1 Å². The van der Waals surface area contributed by atoms with Crippen LogP contribution in [0.4, 0.5) is 11.5 Å². The van der Waals surface area contributed by atoms with Gasteiger partial charge in [-0.05, 0) is 63.1 Å². The number of anilines is 2. The smallest absolute Gasteiger partial charge is 0.335 e.